The van der Waals surface area contributed by atoms with Crippen molar-refractivity contribution in [3.05, 3.63) is 89.6 Å². The quantitative estimate of drug-likeness (QED) is 0.428. The molecule has 1 heterocycles. The van der Waals surface area contributed by atoms with E-state index in [9.17, 15) is 4.79 Å². The Bertz CT molecular complexity index is 1110. The summed E-state index contributed by atoms with van der Waals surface area (Å²) in [7, 11) is 0. The van der Waals surface area contributed by atoms with Gasteiger partial charge in [0, 0.05) is 10.6 Å². The van der Waals surface area contributed by atoms with Gasteiger partial charge >= 0.3 is 5.97 Å². The maximum Gasteiger partial charge on any atom is 0.335 e. The molecular weight excluding hydrogens is 372 g/mol. The molecular formula is C22H18N2O3S. The number of fused-ring (bicyclic) bond motifs is 1. The number of aromatic amines is 1. The minimum atomic E-state index is -0.925. The minimum Gasteiger partial charge on any atom is -0.488 e. The molecule has 2 N–H and O–H groups in total. The Kier molecular flexibility index (Phi) is 5.30. The van der Waals surface area contributed by atoms with E-state index in [1.165, 1.54) is 0 Å². The van der Waals surface area contributed by atoms with Gasteiger partial charge in [0.25, 0.3) is 0 Å². The number of aromatic carboxylic acids is 1. The number of ether oxygens (including phenoxy) is 1. The summed E-state index contributed by atoms with van der Waals surface area (Å²) < 4.78 is 6.06. The lowest BCUT2D eigenvalue weighted by Crippen LogP contribution is -1.96. The van der Waals surface area contributed by atoms with Gasteiger partial charge in [0.1, 0.15) is 12.4 Å². The molecule has 1 aromatic heterocycles. The zero-order chi connectivity index (χ0) is 19.3. The molecule has 4 aromatic rings. The molecule has 0 aliphatic rings. The van der Waals surface area contributed by atoms with Gasteiger partial charge in [0.2, 0.25) is 0 Å². The van der Waals surface area contributed by atoms with Gasteiger partial charge in [0.05, 0.1) is 22.2 Å². The molecule has 0 amide bonds. The van der Waals surface area contributed by atoms with Crippen LogP contribution >= 0.6 is 11.8 Å². The van der Waals surface area contributed by atoms with Crippen LogP contribution in [0, 0.1) is 0 Å². The van der Waals surface area contributed by atoms with Crippen LogP contribution in [0.2, 0.25) is 0 Å². The van der Waals surface area contributed by atoms with Crippen molar-refractivity contribution in [2.24, 2.45) is 0 Å². The van der Waals surface area contributed by atoms with Crippen LogP contribution in [0.5, 0.6) is 5.75 Å². The first-order valence-electron chi connectivity index (χ1n) is 8.79. The molecule has 3 aromatic carbocycles. The van der Waals surface area contributed by atoms with Crippen molar-refractivity contribution in [1.82, 2.24) is 10.2 Å². The summed E-state index contributed by atoms with van der Waals surface area (Å²) in [6, 6.07) is 22.8. The van der Waals surface area contributed by atoms with Crippen molar-refractivity contribution in [3.63, 3.8) is 0 Å². The molecule has 6 heteroatoms. The van der Waals surface area contributed by atoms with Crippen LogP contribution in [0.4, 0.5) is 0 Å². The number of carboxylic acid groups (broad SMARTS) is 1. The first kappa shape index (κ1) is 18.1. The number of H-pyrrole nitrogens is 1. The van der Waals surface area contributed by atoms with Gasteiger partial charge in [-0.1, -0.05) is 42.5 Å². The van der Waals surface area contributed by atoms with Crippen molar-refractivity contribution in [2.45, 2.75) is 17.3 Å². The van der Waals surface area contributed by atoms with E-state index in [2.05, 4.69) is 10.2 Å². The Morgan fingerprint density at radius 3 is 2.68 bits per heavy atom. The fraction of sp³-hybridized carbons (Fsp3) is 0.0909. The highest BCUT2D eigenvalue weighted by Gasteiger charge is 2.12. The first-order valence-corrected chi connectivity index (χ1v) is 9.78. The fourth-order valence-electron chi connectivity index (χ4n) is 2.93. The summed E-state index contributed by atoms with van der Waals surface area (Å²) in [5.41, 5.74) is 3.18. The van der Waals surface area contributed by atoms with Crippen LogP contribution in [-0.4, -0.2) is 21.3 Å². The third-order valence-electron chi connectivity index (χ3n) is 4.32. The Hall–Kier alpha value is -3.25. The molecule has 0 bridgehead atoms. The van der Waals surface area contributed by atoms with E-state index in [4.69, 9.17) is 9.84 Å². The first-order chi connectivity index (χ1) is 13.7. The third kappa shape index (κ3) is 4.02. The number of carbonyl (C=O) groups is 1. The van der Waals surface area contributed by atoms with E-state index in [0.717, 1.165) is 32.8 Å². The van der Waals surface area contributed by atoms with Crippen LogP contribution in [0.1, 0.15) is 21.6 Å². The van der Waals surface area contributed by atoms with E-state index in [-0.39, 0.29) is 5.56 Å². The van der Waals surface area contributed by atoms with Gasteiger partial charge in [-0.3, -0.25) is 5.10 Å². The molecule has 0 saturated heterocycles. The van der Waals surface area contributed by atoms with Gasteiger partial charge in [-0.25, -0.2) is 4.79 Å². The molecule has 0 saturated carbocycles. The smallest absolute Gasteiger partial charge is 0.335 e. The predicted molar refractivity (Wildman–Crippen MR) is 110 cm³/mol. The van der Waals surface area contributed by atoms with Gasteiger partial charge in [-0.05, 0) is 35.9 Å². The second-order valence-electron chi connectivity index (χ2n) is 6.25. The van der Waals surface area contributed by atoms with Crippen molar-refractivity contribution >= 4 is 28.6 Å². The fourth-order valence-corrected chi connectivity index (χ4v) is 3.84. The molecule has 140 valence electrons. The molecule has 0 unspecified atom stereocenters. The van der Waals surface area contributed by atoms with Crippen LogP contribution in [0.25, 0.3) is 10.9 Å². The maximum absolute atomic E-state index is 11.2. The number of carboxylic acids is 1. The SMILES string of the molecule is O=C(O)c1cccc(SCc2[nH]nc3cccc(OCc4ccccc4)c23)c1. The van der Waals surface area contributed by atoms with E-state index in [1.807, 2.05) is 54.6 Å². The summed E-state index contributed by atoms with van der Waals surface area (Å²) in [6.07, 6.45) is 0. The molecule has 0 fully saturated rings. The number of nitrogens with one attached hydrogen (secondary N) is 1. The van der Waals surface area contributed by atoms with E-state index in [0.29, 0.717) is 12.4 Å². The van der Waals surface area contributed by atoms with Gasteiger partial charge in [-0.2, -0.15) is 5.10 Å². The van der Waals surface area contributed by atoms with E-state index < -0.39 is 5.97 Å². The molecule has 28 heavy (non-hydrogen) atoms. The Morgan fingerprint density at radius 1 is 1.04 bits per heavy atom. The summed E-state index contributed by atoms with van der Waals surface area (Å²) in [5, 5.41) is 17.6. The monoisotopic (exact) mass is 390 g/mol. The number of hydrogen-bond donors (Lipinski definition) is 2. The Balaban J connectivity index is 1.54. The van der Waals surface area contributed by atoms with Crippen molar-refractivity contribution < 1.29 is 14.6 Å². The molecule has 0 aliphatic heterocycles. The number of hydrogen-bond acceptors (Lipinski definition) is 4. The zero-order valence-corrected chi connectivity index (χ0v) is 15.8. The summed E-state index contributed by atoms with van der Waals surface area (Å²) in [6.45, 7) is 0.484. The van der Waals surface area contributed by atoms with Gasteiger partial charge in [0.15, 0.2) is 0 Å². The highest BCUT2D eigenvalue weighted by molar-refractivity contribution is 7.98. The average molecular weight is 390 g/mol. The predicted octanol–water partition coefficient (Wildman–Crippen LogP) is 5.13. The van der Waals surface area contributed by atoms with Crippen LogP contribution in [0.3, 0.4) is 0 Å². The molecule has 5 nitrogen and oxygen atoms in total. The molecule has 0 aliphatic carbocycles. The number of benzene rings is 3. The topological polar surface area (TPSA) is 75.2 Å². The van der Waals surface area contributed by atoms with Gasteiger partial charge in [-0.15, -0.1) is 11.8 Å². The number of thioether (sulfide) groups is 1. The summed E-state index contributed by atoms with van der Waals surface area (Å²) >= 11 is 1.56. The van der Waals surface area contributed by atoms with E-state index >= 15 is 0 Å². The lowest BCUT2D eigenvalue weighted by atomic mass is 10.2. The van der Waals surface area contributed by atoms with Crippen LogP contribution in [-0.2, 0) is 12.4 Å². The highest BCUT2D eigenvalue weighted by atomic mass is 32.2. The molecule has 0 atom stereocenters. The highest BCUT2D eigenvalue weighted by Crippen LogP contribution is 2.32. The summed E-state index contributed by atoms with van der Waals surface area (Å²) in [5.74, 6) is 0.488. The molecule has 0 spiro atoms. The zero-order valence-electron chi connectivity index (χ0n) is 15.0. The second-order valence-corrected chi connectivity index (χ2v) is 7.30. The molecule has 4 rings (SSSR count). The number of rotatable bonds is 7. The van der Waals surface area contributed by atoms with Crippen LogP contribution < -0.4 is 4.74 Å². The lowest BCUT2D eigenvalue weighted by Gasteiger charge is -2.09. The average Bonchev–Trinajstić information content (AvgIpc) is 3.15. The Labute approximate surface area is 166 Å². The lowest BCUT2D eigenvalue weighted by molar-refractivity contribution is 0.0696. The largest absolute Gasteiger partial charge is 0.488 e. The maximum atomic E-state index is 11.2. The van der Waals surface area contributed by atoms with E-state index in [1.54, 1.807) is 30.0 Å². The van der Waals surface area contributed by atoms with Crippen molar-refractivity contribution in [3.8, 4) is 5.75 Å². The molecule has 0 radical (unpaired) electrons. The van der Waals surface area contributed by atoms with Crippen molar-refractivity contribution in [2.75, 3.05) is 0 Å². The van der Waals surface area contributed by atoms with Crippen molar-refractivity contribution in [1.29, 1.82) is 0 Å². The number of nitrogens with zero attached hydrogens (tertiary/aromatic N) is 1. The third-order valence-corrected chi connectivity index (χ3v) is 5.34. The Morgan fingerprint density at radius 2 is 1.86 bits per heavy atom. The number of aromatic nitrogens is 2. The normalized spacial score (nSPS) is 10.9. The van der Waals surface area contributed by atoms with Gasteiger partial charge < -0.3 is 9.84 Å². The summed E-state index contributed by atoms with van der Waals surface area (Å²) in [4.78, 5) is 12.0. The van der Waals surface area contributed by atoms with Crippen LogP contribution in [0.15, 0.2) is 77.7 Å². The minimum absolute atomic E-state index is 0.284. The standard InChI is InChI=1S/C22H18N2O3S/c25-22(26)16-8-4-9-17(12-16)28-14-19-21-18(23-24-19)10-5-11-20(21)27-13-15-6-2-1-3-7-15/h1-12H,13-14H2,(H,23,24)(H,25,26). The second kappa shape index (κ2) is 8.19.